The fraction of sp³-hybridized carbons (Fsp3) is 0.600. The molecule has 3 heteroatoms. The second-order valence-electron chi connectivity index (χ2n) is 10.5. The molecule has 0 heterocycles. The predicted octanol–water partition coefficient (Wildman–Crippen LogP) is 9.28. The summed E-state index contributed by atoms with van der Waals surface area (Å²) in [5.74, 6) is 2.63. The molecule has 0 saturated heterocycles. The van der Waals surface area contributed by atoms with Crippen LogP contribution in [0.1, 0.15) is 113 Å². The highest BCUT2D eigenvalue weighted by atomic mass is 19.1. The summed E-state index contributed by atoms with van der Waals surface area (Å²) >= 11 is 0. The molecule has 0 spiro atoms. The number of rotatable bonds is 8. The van der Waals surface area contributed by atoms with Crippen LogP contribution in [-0.4, -0.2) is 6.61 Å². The molecule has 2 aliphatic carbocycles. The SMILES string of the molecule is CCC1CCC(c2ccc(OCCC(F)c3ccc(C4CCC(C)CC4)cc3)c(F)c2)CC1. The molecule has 180 valence electrons. The quantitative estimate of drug-likeness (QED) is 0.386. The molecular formula is C30H40F2O. The molecular weight excluding hydrogens is 414 g/mol. The van der Waals surface area contributed by atoms with Crippen LogP contribution in [0.4, 0.5) is 8.78 Å². The summed E-state index contributed by atoms with van der Waals surface area (Å²) in [7, 11) is 0. The molecule has 2 aromatic rings. The maximum atomic E-state index is 14.8. The molecule has 1 atom stereocenters. The minimum absolute atomic E-state index is 0.168. The molecule has 0 N–H and O–H groups in total. The van der Waals surface area contributed by atoms with Gasteiger partial charge in [0.25, 0.3) is 0 Å². The van der Waals surface area contributed by atoms with Gasteiger partial charge >= 0.3 is 0 Å². The van der Waals surface area contributed by atoms with E-state index in [2.05, 4.69) is 26.0 Å². The van der Waals surface area contributed by atoms with E-state index in [0.29, 0.717) is 17.4 Å². The van der Waals surface area contributed by atoms with E-state index in [0.717, 1.165) is 30.2 Å². The molecule has 0 bridgehead atoms. The van der Waals surface area contributed by atoms with Gasteiger partial charge in [-0.3, -0.25) is 0 Å². The molecule has 0 aliphatic heterocycles. The van der Waals surface area contributed by atoms with Crippen molar-refractivity contribution in [2.45, 2.75) is 96.1 Å². The standard InChI is InChI=1S/C30H40F2O/c1-3-22-6-10-25(11-7-22)27-16-17-30(29(32)20-27)33-19-18-28(31)26-14-12-24(13-15-26)23-8-4-21(2)5-9-23/h12-17,20-23,25,28H,3-11,18-19H2,1-2H3. The van der Waals surface area contributed by atoms with Gasteiger partial charge in [0.1, 0.15) is 6.17 Å². The summed E-state index contributed by atoms with van der Waals surface area (Å²) in [5.41, 5.74) is 3.09. The highest BCUT2D eigenvalue weighted by Gasteiger charge is 2.23. The zero-order valence-corrected chi connectivity index (χ0v) is 20.4. The average Bonchev–Trinajstić information content (AvgIpc) is 2.85. The predicted molar refractivity (Wildman–Crippen MR) is 132 cm³/mol. The maximum Gasteiger partial charge on any atom is 0.165 e. The Morgan fingerprint density at radius 3 is 2.09 bits per heavy atom. The Balaban J connectivity index is 1.25. The summed E-state index contributed by atoms with van der Waals surface area (Å²) < 4.78 is 35.0. The van der Waals surface area contributed by atoms with Crippen molar-refractivity contribution >= 4 is 0 Å². The van der Waals surface area contributed by atoms with Crippen molar-refractivity contribution in [1.29, 1.82) is 0 Å². The second-order valence-corrected chi connectivity index (χ2v) is 10.5. The lowest BCUT2D eigenvalue weighted by Gasteiger charge is -2.28. The summed E-state index contributed by atoms with van der Waals surface area (Å²) in [6.45, 7) is 4.75. The average molecular weight is 455 g/mol. The first kappa shape index (κ1) is 24.2. The monoisotopic (exact) mass is 454 g/mol. The van der Waals surface area contributed by atoms with Gasteiger partial charge in [-0.05, 0) is 91.0 Å². The lowest BCUT2D eigenvalue weighted by atomic mass is 9.78. The molecule has 2 aromatic carbocycles. The van der Waals surface area contributed by atoms with Crippen molar-refractivity contribution in [3.63, 3.8) is 0 Å². The number of alkyl halides is 1. The van der Waals surface area contributed by atoms with Gasteiger partial charge in [-0.1, -0.05) is 63.4 Å². The normalized spacial score (nSPS) is 26.7. The van der Waals surface area contributed by atoms with Gasteiger partial charge in [-0.15, -0.1) is 0 Å². The first-order valence-electron chi connectivity index (χ1n) is 13.2. The molecule has 0 aromatic heterocycles. The van der Waals surface area contributed by atoms with Crippen molar-refractivity contribution in [2.24, 2.45) is 11.8 Å². The van der Waals surface area contributed by atoms with E-state index in [9.17, 15) is 8.78 Å². The highest BCUT2D eigenvalue weighted by Crippen LogP contribution is 2.38. The largest absolute Gasteiger partial charge is 0.490 e. The number of ether oxygens (including phenoxy) is 1. The minimum atomic E-state index is -1.10. The summed E-state index contributed by atoms with van der Waals surface area (Å²) in [6, 6.07) is 13.4. The summed E-state index contributed by atoms with van der Waals surface area (Å²) in [5, 5.41) is 0. The van der Waals surface area contributed by atoms with Gasteiger partial charge in [0, 0.05) is 6.42 Å². The zero-order chi connectivity index (χ0) is 23.2. The number of hydrogen-bond donors (Lipinski definition) is 0. The van der Waals surface area contributed by atoms with Crippen molar-refractivity contribution in [1.82, 2.24) is 0 Å². The third-order valence-electron chi connectivity index (χ3n) is 8.27. The molecule has 4 rings (SSSR count). The van der Waals surface area contributed by atoms with Crippen LogP contribution < -0.4 is 4.74 Å². The third kappa shape index (κ3) is 6.37. The molecule has 0 radical (unpaired) electrons. The fourth-order valence-electron chi connectivity index (χ4n) is 5.80. The van der Waals surface area contributed by atoms with E-state index in [1.165, 1.54) is 50.5 Å². The van der Waals surface area contributed by atoms with E-state index < -0.39 is 6.17 Å². The number of benzene rings is 2. The molecule has 33 heavy (non-hydrogen) atoms. The lowest BCUT2D eigenvalue weighted by Crippen LogP contribution is -2.13. The minimum Gasteiger partial charge on any atom is -0.490 e. The van der Waals surface area contributed by atoms with Crippen LogP contribution in [0.5, 0.6) is 5.75 Å². The molecule has 2 saturated carbocycles. The highest BCUT2D eigenvalue weighted by molar-refractivity contribution is 5.32. The van der Waals surface area contributed by atoms with E-state index in [-0.39, 0.29) is 24.6 Å². The molecule has 0 amide bonds. The van der Waals surface area contributed by atoms with Crippen LogP contribution >= 0.6 is 0 Å². The van der Waals surface area contributed by atoms with E-state index in [1.807, 2.05) is 18.2 Å². The van der Waals surface area contributed by atoms with Crippen LogP contribution in [0.25, 0.3) is 0 Å². The number of hydrogen-bond acceptors (Lipinski definition) is 1. The van der Waals surface area contributed by atoms with Gasteiger partial charge < -0.3 is 4.74 Å². The van der Waals surface area contributed by atoms with Crippen molar-refractivity contribution < 1.29 is 13.5 Å². The van der Waals surface area contributed by atoms with Gasteiger partial charge in [-0.2, -0.15) is 0 Å². The number of halogens is 2. The van der Waals surface area contributed by atoms with Crippen molar-refractivity contribution in [3.05, 3.63) is 65.0 Å². The lowest BCUT2D eigenvalue weighted by molar-refractivity contribution is 0.231. The molecule has 1 unspecified atom stereocenters. The van der Waals surface area contributed by atoms with Gasteiger partial charge in [0.15, 0.2) is 11.6 Å². The molecule has 2 aliphatic rings. The van der Waals surface area contributed by atoms with E-state index >= 15 is 0 Å². The van der Waals surface area contributed by atoms with E-state index in [4.69, 9.17) is 4.74 Å². The zero-order valence-electron chi connectivity index (χ0n) is 20.4. The van der Waals surface area contributed by atoms with Crippen LogP contribution in [0.15, 0.2) is 42.5 Å². The Kier molecular flexibility index (Phi) is 8.44. The Morgan fingerprint density at radius 1 is 0.848 bits per heavy atom. The Labute approximate surface area is 198 Å². The molecule has 1 nitrogen and oxygen atoms in total. The smallest absolute Gasteiger partial charge is 0.165 e. The maximum absolute atomic E-state index is 14.8. The van der Waals surface area contributed by atoms with Gasteiger partial charge in [0.05, 0.1) is 6.61 Å². The molecule has 2 fully saturated rings. The Bertz CT molecular complexity index is 861. The van der Waals surface area contributed by atoms with E-state index in [1.54, 1.807) is 12.1 Å². The van der Waals surface area contributed by atoms with Gasteiger partial charge in [0.2, 0.25) is 0 Å². The van der Waals surface area contributed by atoms with Crippen LogP contribution in [-0.2, 0) is 0 Å². The summed E-state index contributed by atoms with van der Waals surface area (Å²) in [6.07, 6.45) is 10.2. The third-order valence-corrected chi connectivity index (χ3v) is 8.27. The topological polar surface area (TPSA) is 9.23 Å². The Hall–Kier alpha value is -1.90. The van der Waals surface area contributed by atoms with Crippen molar-refractivity contribution in [3.8, 4) is 5.75 Å². The van der Waals surface area contributed by atoms with Crippen LogP contribution in [0.2, 0.25) is 0 Å². The first-order chi connectivity index (χ1) is 16.0. The Morgan fingerprint density at radius 2 is 1.45 bits per heavy atom. The van der Waals surface area contributed by atoms with Crippen LogP contribution in [0.3, 0.4) is 0 Å². The van der Waals surface area contributed by atoms with Crippen molar-refractivity contribution in [2.75, 3.05) is 6.61 Å². The second kappa shape index (κ2) is 11.5. The fourth-order valence-corrected chi connectivity index (χ4v) is 5.80. The van der Waals surface area contributed by atoms with Gasteiger partial charge in [-0.25, -0.2) is 8.78 Å². The first-order valence-corrected chi connectivity index (χ1v) is 13.2. The summed E-state index contributed by atoms with van der Waals surface area (Å²) in [4.78, 5) is 0. The van der Waals surface area contributed by atoms with Crippen LogP contribution in [0, 0.1) is 17.7 Å².